The monoisotopic (exact) mass is 522 g/mol. The molecule has 1 fully saturated rings. The van der Waals surface area contributed by atoms with E-state index < -0.39 is 0 Å². The predicted molar refractivity (Wildman–Crippen MR) is 143 cm³/mol. The number of carbonyl (C=O) groups excluding carboxylic acids is 1. The van der Waals surface area contributed by atoms with Gasteiger partial charge in [0.2, 0.25) is 5.88 Å². The van der Waals surface area contributed by atoms with Gasteiger partial charge in [0, 0.05) is 49.8 Å². The molecule has 2 atom stereocenters. The van der Waals surface area contributed by atoms with Crippen molar-refractivity contribution in [3.63, 3.8) is 0 Å². The number of nitrogens with one attached hydrogen (secondary N) is 2. The molecule has 0 saturated carbocycles. The van der Waals surface area contributed by atoms with Crippen LogP contribution in [0.15, 0.2) is 48.7 Å². The van der Waals surface area contributed by atoms with Gasteiger partial charge >= 0.3 is 0 Å². The summed E-state index contributed by atoms with van der Waals surface area (Å²) in [7, 11) is 1.64. The summed E-state index contributed by atoms with van der Waals surface area (Å²) >= 11 is 6.47. The van der Waals surface area contributed by atoms with Crippen molar-refractivity contribution in [1.82, 2.24) is 20.2 Å². The van der Waals surface area contributed by atoms with Gasteiger partial charge in [-0.1, -0.05) is 17.7 Å². The number of rotatable bonds is 9. The number of nitrogens with zero attached hydrogens (tertiary/aromatic N) is 2. The van der Waals surface area contributed by atoms with Gasteiger partial charge in [-0.3, -0.25) is 4.79 Å². The molecule has 194 valence electrons. The lowest BCUT2D eigenvalue weighted by Gasteiger charge is -2.30. The number of hydrogen-bond acceptors (Lipinski definition) is 6. The first-order chi connectivity index (χ1) is 17.9. The van der Waals surface area contributed by atoms with E-state index in [-0.39, 0.29) is 22.9 Å². The fourth-order valence-electron chi connectivity index (χ4n) is 4.37. The van der Waals surface area contributed by atoms with E-state index in [9.17, 15) is 4.79 Å². The molecule has 0 spiro atoms. The fraction of sp³-hybridized carbons (Fsp3) is 0.357. The molecule has 8 nitrogen and oxygen atoms in total. The zero-order chi connectivity index (χ0) is 25.9. The van der Waals surface area contributed by atoms with Crippen LogP contribution in [0.1, 0.15) is 42.7 Å². The van der Waals surface area contributed by atoms with Gasteiger partial charge in [-0.15, -0.1) is 0 Å². The molecule has 3 aromatic rings. The van der Waals surface area contributed by atoms with Crippen LogP contribution in [0, 0.1) is 0 Å². The molecule has 5 rings (SSSR count). The highest BCUT2D eigenvalue weighted by molar-refractivity contribution is 6.32. The van der Waals surface area contributed by atoms with Gasteiger partial charge in [0.25, 0.3) is 5.91 Å². The van der Waals surface area contributed by atoms with Crippen LogP contribution < -0.4 is 14.8 Å². The maximum Gasteiger partial charge on any atom is 0.255 e. The lowest BCUT2D eigenvalue weighted by atomic mass is 10.1. The van der Waals surface area contributed by atoms with Gasteiger partial charge in [0.1, 0.15) is 22.6 Å². The van der Waals surface area contributed by atoms with Crippen molar-refractivity contribution in [1.29, 1.82) is 0 Å². The first-order valence-corrected chi connectivity index (χ1v) is 12.9. The molecule has 4 heterocycles. The van der Waals surface area contributed by atoms with Crippen molar-refractivity contribution in [2.24, 2.45) is 0 Å². The Hall–Kier alpha value is -3.49. The fourth-order valence-corrected chi connectivity index (χ4v) is 4.58. The van der Waals surface area contributed by atoms with Gasteiger partial charge < -0.3 is 29.4 Å². The molecule has 0 aliphatic carbocycles. The highest BCUT2D eigenvalue weighted by atomic mass is 35.5. The van der Waals surface area contributed by atoms with Gasteiger partial charge in [0.05, 0.1) is 23.6 Å². The van der Waals surface area contributed by atoms with Crippen molar-refractivity contribution in [3.8, 4) is 28.6 Å². The van der Waals surface area contributed by atoms with E-state index in [4.69, 9.17) is 25.8 Å². The van der Waals surface area contributed by atoms with Crippen LogP contribution in [0.4, 0.5) is 0 Å². The summed E-state index contributed by atoms with van der Waals surface area (Å²) in [6.45, 7) is 6.07. The van der Waals surface area contributed by atoms with Gasteiger partial charge in [0.15, 0.2) is 0 Å². The first kappa shape index (κ1) is 25.2. The van der Waals surface area contributed by atoms with E-state index in [1.165, 1.54) is 6.20 Å². The number of H-pyrrole nitrogens is 1. The zero-order valence-electron chi connectivity index (χ0n) is 21.2. The standard InChI is InChI=1S/C28H31ClN4O4/c1-17-5-6-25(31-17)26-8-7-24(32-26)19-11-21(36-18(2)16-35-3)14-22(12-19)37-27-23(29)13-20(15-30-27)28(34)33-9-4-10-33/h6-8,11-15,17-18,31-32H,4-5,9-10,16H2,1-3H3/t17-,18-/m0/s1. The van der Waals surface area contributed by atoms with E-state index in [1.807, 2.05) is 25.1 Å². The molecule has 2 N–H and O–H groups in total. The maximum atomic E-state index is 12.5. The molecular formula is C28H31ClN4O4. The Labute approximate surface area is 221 Å². The van der Waals surface area contributed by atoms with Crippen LogP contribution in [0.25, 0.3) is 17.0 Å². The molecule has 2 aliphatic rings. The Bertz CT molecular complexity index is 1320. The number of pyridine rings is 1. The molecule has 0 radical (unpaired) electrons. The Morgan fingerprint density at radius 2 is 1.97 bits per heavy atom. The third kappa shape index (κ3) is 5.76. The van der Waals surface area contributed by atoms with Gasteiger partial charge in [-0.25, -0.2) is 4.98 Å². The van der Waals surface area contributed by atoms with E-state index in [1.54, 1.807) is 24.1 Å². The Balaban J connectivity index is 1.42. The minimum atomic E-state index is -0.157. The third-order valence-corrected chi connectivity index (χ3v) is 6.67. The molecule has 2 aliphatic heterocycles. The largest absolute Gasteiger partial charge is 0.488 e. The molecule has 0 unspecified atom stereocenters. The van der Waals surface area contributed by atoms with Crippen molar-refractivity contribution >= 4 is 23.2 Å². The predicted octanol–water partition coefficient (Wildman–Crippen LogP) is 5.50. The number of aromatic nitrogens is 2. The number of methoxy groups -OCH3 is 1. The summed E-state index contributed by atoms with van der Waals surface area (Å²) in [4.78, 5) is 22.1. The summed E-state index contributed by atoms with van der Waals surface area (Å²) in [5.74, 6) is 1.29. The van der Waals surface area contributed by atoms with Crippen molar-refractivity contribution < 1.29 is 19.0 Å². The second-order valence-corrected chi connectivity index (χ2v) is 9.93. The smallest absolute Gasteiger partial charge is 0.255 e. The van der Waals surface area contributed by atoms with E-state index >= 15 is 0 Å². The Morgan fingerprint density at radius 1 is 1.19 bits per heavy atom. The van der Waals surface area contributed by atoms with Crippen LogP contribution >= 0.6 is 11.6 Å². The average molecular weight is 523 g/mol. The molecule has 0 bridgehead atoms. The van der Waals surface area contributed by atoms with E-state index in [0.717, 1.165) is 48.6 Å². The Morgan fingerprint density at radius 3 is 2.65 bits per heavy atom. The number of likely N-dealkylation sites (tertiary alicyclic amines) is 1. The third-order valence-electron chi connectivity index (χ3n) is 6.40. The lowest BCUT2D eigenvalue weighted by molar-refractivity contribution is 0.0651. The summed E-state index contributed by atoms with van der Waals surface area (Å²) < 4.78 is 17.4. The number of ether oxygens (including phenoxy) is 3. The second kappa shape index (κ2) is 10.9. The van der Waals surface area contributed by atoms with Crippen LogP contribution in [0.2, 0.25) is 5.02 Å². The van der Waals surface area contributed by atoms with Crippen LogP contribution in [0.5, 0.6) is 17.4 Å². The zero-order valence-corrected chi connectivity index (χ0v) is 22.0. The van der Waals surface area contributed by atoms with E-state index in [2.05, 4.69) is 34.4 Å². The number of halogens is 1. The Kier molecular flexibility index (Phi) is 7.39. The second-order valence-electron chi connectivity index (χ2n) is 9.52. The summed E-state index contributed by atoms with van der Waals surface area (Å²) in [6.07, 6.45) is 5.57. The number of carbonyl (C=O) groups is 1. The van der Waals surface area contributed by atoms with E-state index in [0.29, 0.717) is 29.7 Å². The van der Waals surface area contributed by atoms with Gasteiger partial charge in [-0.05, 0) is 57.0 Å². The summed E-state index contributed by atoms with van der Waals surface area (Å²) in [5.41, 5.74) is 4.37. The van der Waals surface area contributed by atoms with Crippen LogP contribution in [0.3, 0.4) is 0 Å². The highest BCUT2D eigenvalue weighted by Crippen LogP contribution is 2.35. The topological polar surface area (TPSA) is 88.7 Å². The molecule has 2 aromatic heterocycles. The number of amides is 1. The van der Waals surface area contributed by atoms with Crippen LogP contribution in [-0.2, 0) is 4.74 Å². The number of aromatic amines is 1. The molecular weight excluding hydrogens is 492 g/mol. The SMILES string of the molecule is COC[C@H](C)Oc1cc(Oc2ncc(C(=O)N3CCC3)cc2Cl)cc(-c2ccc(C3=CC[C@H](C)N3)[nH]2)c1. The van der Waals surface area contributed by atoms with Crippen molar-refractivity contribution in [3.05, 3.63) is 65.0 Å². The maximum absolute atomic E-state index is 12.5. The molecule has 37 heavy (non-hydrogen) atoms. The average Bonchev–Trinajstić information content (AvgIpc) is 3.48. The molecule has 9 heteroatoms. The quantitative estimate of drug-likeness (QED) is 0.385. The lowest BCUT2D eigenvalue weighted by Crippen LogP contribution is -2.42. The molecule has 1 aromatic carbocycles. The molecule has 1 saturated heterocycles. The van der Waals surface area contributed by atoms with Gasteiger partial charge in [-0.2, -0.15) is 0 Å². The first-order valence-electron chi connectivity index (χ1n) is 12.5. The number of hydrogen-bond donors (Lipinski definition) is 2. The number of benzene rings is 1. The van der Waals surface area contributed by atoms with Crippen molar-refractivity contribution in [2.45, 2.75) is 38.8 Å². The summed E-state index contributed by atoms with van der Waals surface area (Å²) in [6, 6.07) is 11.8. The summed E-state index contributed by atoms with van der Waals surface area (Å²) in [5, 5.41) is 3.75. The minimum Gasteiger partial charge on any atom is -0.488 e. The normalized spacial score (nSPS) is 17.6. The van der Waals surface area contributed by atoms with Crippen molar-refractivity contribution in [2.75, 3.05) is 26.8 Å². The molecule has 1 amide bonds. The highest BCUT2D eigenvalue weighted by Gasteiger charge is 2.23. The van der Waals surface area contributed by atoms with Crippen LogP contribution in [-0.4, -0.2) is 59.7 Å². The minimum absolute atomic E-state index is 0.0687.